The van der Waals surface area contributed by atoms with E-state index in [-0.39, 0.29) is 46.7 Å². The van der Waals surface area contributed by atoms with Gasteiger partial charge in [-0.3, -0.25) is 9.59 Å². The van der Waals surface area contributed by atoms with Crippen LogP contribution in [0.5, 0.6) is 0 Å². The number of aryl methyl sites for hydroxylation is 1. The van der Waals surface area contributed by atoms with Crippen molar-refractivity contribution in [1.29, 1.82) is 0 Å². The molecule has 1 aliphatic carbocycles. The van der Waals surface area contributed by atoms with Crippen molar-refractivity contribution in [3.63, 3.8) is 0 Å². The quantitative estimate of drug-likeness (QED) is 0.302. The highest BCUT2D eigenvalue weighted by Gasteiger charge is 2.29. The fourth-order valence-corrected chi connectivity index (χ4v) is 6.58. The molecule has 0 radical (unpaired) electrons. The number of carboxylic acids is 1. The normalized spacial score (nSPS) is 14.5. The van der Waals surface area contributed by atoms with E-state index in [2.05, 4.69) is 15.4 Å². The van der Waals surface area contributed by atoms with Crippen molar-refractivity contribution in [2.75, 3.05) is 18.8 Å². The van der Waals surface area contributed by atoms with E-state index in [1.165, 1.54) is 21.7 Å². The number of fused-ring (bicyclic) bond motifs is 2. The summed E-state index contributed by atoms with van der Waals surface area (Å²) >= 11 is 0. The zero-order chi connectivity index (χ0) is 30.2. The van der Waals surface area contributed by atoms with Gasteiger partial charge in [-0.15, -0.1) is 0 Å². The van der Waals surface area contributed by atoms with E-state index in [1.54, 1.807) is 56.3 Å². The number of nitrogens with one attached hydrogen (secondary N) is 1. The van der Waals surface area contributed by atoms with Crippen LogP contribution in [0, 0.1) is 13.8 Å². The third-order valence-electron chi connectivity index (χ3n) is 7.72. The molecular weight excluding hydrogens is 558 g/mol. The molecule has 2 aromatic carbocycles. The highest BCUT2D eigenvalue weighted by atomic mass is 32.2. The van der Waals surface area contributed by atoms with Gasteiger partial charge in [0.2, 0.25) is 0 Å². The van der Waals surface area contributed by atoms with E-state index in [1.807, 2.05) is 6.92 Å². The van der Waals surface area contributed by atoms with Crippen LogP contribution in [0.1, 0.15) is 73.0 Å². The summed E-state index contributed by atoms with van der Waals surface area (Å²) < 4.78 is 27.1. The molecule has 5 rings (SSSR count). The van der Waals surface area contributed by atoms with Crippen molar-refractivity contribution in [3.8, 4) is 0 Å². The van der Waals surface area contributed by atoms with Crippen molar-refractivity contribution in [2.24, 2.45) is 0 Å². The topological polar surface area (TPSA) is 151 Å². The first-order valence-electron chi connectivity index (χ1n) is 13.6. The van der Waals surface area contributed by atoms with Crippen molar-refractivity contribution < 1.29 is 27.9 Å². The third kappa shape index (κ3) is 5.49. The molecule has 2 amide bonds. The van der Waals surface area contributed by atoms with Crippen molar-refractivity contribution in [1.82, 2.24) is 24.8 Å². The number of aromatic carboxylic acids is 1. The maximum Gasteiger partial charge on any atom is 0.335 e. The number of hydrogen-bond acceptors (Lipinski definition) is 7. The Kier molecular flexibility index (Phi) is 7.83. The summed E-state index contributed by atoms with van der Waals surface area (Å²) in [6.07, 6.45) is 2.70. The van der Waals surface area contributed by atoms with Crippen LogP contribution in [0.2, 0.25) is 0 Å². The zero-order valence-electron chi connectivity index (χ0n) is 23.5. The Labute approximate surface area is 243 Å². The van der Waals surface area contributed by atoms with E-state index in [9.17, 15) is 27.9 Å². The Hall–Kier alpha value is -4.58. The van der Waals surface area contributed by atoms with Gasteiger partial charge in [-0.2, -0.15) is 5.10 Å². The molecule has 2 N–H and O–H groups in total. The minimum absolute atomic E-state index is 0.00324. The standard InChI is InChI=1S/C30H31N5O6S/c1-4-34(15-16-42(40,41)20-7-5-18(2)6-8-20)29(37)25-17-26(35-27(32-25)13-14-31-35)28(36)33-24-12-11-21-19(3)22(30(38)39)9-10-23(21)24/h5-10,13-14,17,24H,4,11-12,15-16H2,1-3H3,(H,33,36)(H,38,39)/t24-/m0/s1. The number of nitrogens with zero attached hydrogens (tertiary/aromatic N) is 4. The number of benzene rings is 2. The van der Waals surface area contributed by atoms with E-state index < -0.39 is 27.6 Å². The minimum atomic E-state index is -3.62. The SMILES string of the molecule is CCN(CCS(=O)(=O)c1ccc(C)cc1)C(=O)c1cc(C(=O)N[C@H]2CCc3c2ccc(C(=O)O)c3C)n2nccc2n1. The Morgan fingerprint density at radius 1 is 1.10 bits per heavy atom. The molecule has 2 aromatic heterocycles. The van der Waals surface area contributed by atoms with Crippen molar-refractivity contribution >= 4 is 33.3 Å². The lowest BCUT2D eigenvalue weighted by Gasteiger charge is -2.21. The van der Waals surface area contributed by atoms with Crippen LogP contribution < -0.4 is 5.32 Å². The van der Waals surface area contributed by atoms with Gasteiger partial charge in [-0.25, -0.2) is 22.7 Å². The lowest BCUT2D eigenvalue weighted by Crippen LogP contribution is -2.36. The molecule has 2 heterocycles. The van der Waals surface area contributed by atoms with Gasteiger partial charge in [0.25, 0.3) is 11.8 Å². The summed E-state index contributed by atoms with van der Waals surface area (Å²) in [5.41, 5.74) is 4.04. The molecule has 1 atom stereocenters. The molecule has 1 aliphatic rings. The Morgan fingerprint density at radius 3 is 2.52 bits per heavy atom. The van der Waals surface area contributed by atoms with E-state index >= 15 is 0 Å². The lowest BCUT2D eigenvalue weighted by atomic mass is 9.98. The number of hydrogen-bond donors (Lipinski definition) is 2. The average Bonchev–Trinajstić information content (AvgIpc) is 3.60. The molecule has 218 valence electrons. The number of carboxylic acid groups (broad SMARTS) is 1. The van der Waals surface area contributed by atoms with Crippen molar-refractivity contribution in [3.05, 3.63) is 93.9 Å². The van der Waals surface area contributed by atoms with Gasteiger partial charge < -0.3 is 15.3 Å². The van der Waals surface area contributed by atoms with Crippen LogP contribution in [-0.2, 0) is 16.3 Å². The molecule has 0 aliphatic heterocycles. The van der Waals surface area contributed by atoms with Crippen molar-refractivity contribution in [2.45, 2.75) is 44.6 Å². The predicted molar refractivity (Wildman–Crippen MR) is 154 cm³/mol. The minimum Gasteiger partial charge on any atom is -0.478 e. The number of rotatable bonds is 9. The van der Waals surface area contributed by atoms with Crippen LogP contribution in [0.25, 0.3) is 5.65 Å². The summed E-state index contributed by atoms with van der Waals surface area (Å²) in [6.45, 7) is 5.59. The first kappa shape index (κ1) is 28.9. The van der Waals surface area contributed by atoms with E-state index in [0.29, 0.717) is 24.1 Å². The van der Waals surface area contributed by atoms with Crippen LogP contribution >= 0.6 is 0 Å². The fourth-order valence-electron chi connectivity index (χ4n) is 5.34. The fraction of sp³-hybridized carbons (Fsp3) is 0.300. The molecule has 12 heteroatoms. The molecule has 0 saturated heterocycles. The summed E-state index contributed by atoms with van der Waals surface area (Å²) in [5, 5.41) is 16.7. The number of carbonyl (C=O) groups excluding carboxylic acids is 2. The summed E-state index contributed by atoms with van der Waals surface area (Å²) in [4.78, 5) is 44.6. The van der Waals surface area contributed by atoms with Gasteiger partial charge in [-0.1, -0.05) is 23.8 Å². The molecule has 0 spiro atoms. The summed E-state index contributed by atoms with van der Waals surface area (Å²) in [5.74, 6) is -2.23. The maximum absolute atomic E-state index is 13.5. The summed E-state index contributed by atoms with van der Waals surface area (Å²) in [6, 6.07) is 12.4. The monoisotopic (exact) mass is 589 g/mol. The average molecular weight is 590 g/mol. The van der Waals surface area contributed by atoms with E-state index in [0.717, 1.165) is 16.7 Å². The van der Waals surface area contributed by atoms with Gasteiger partial charge in [0.1, 0.15) is 11.4 Å². The predicted octanol–water partition coefficient (Wildman–Crippen LogP) is 3.40. The molecule has 0 bridgehead atoms. The van der Waals surface area contributed by atoms with Gasteiger partial charge in [0.15, 0.2) is 15.5 Å². The smallest absolute Gasteiger partial charge is 0.335 e. The van der Waals surface area contributed by atoms with Crippen LogP contribution in [-0.4, -0.2) is 69.6 Å². The first-order chi connectivity index (χ1) is 20.0. The Morgan fingerprint density at radius 2 is 1.83 bits per heavy atom. The third-order valence-corrected chi connectivity index (χ3v) is 9.43. The highest BCUT2D eigenvalue weighted by Crippen LogP contribution is 2.35. The number of sulfone groups is 1. The zero-order valence-corrected chi connectivity index (χ0v) is 24.3. The second-order valence-electron chi connectivity index (χ2n) is 10.3. The van der Waals surface area contributed by atoms with Gasteiger partial charge in [0.05, 0.1) is 28.5 Å². The molecular formula is C30H31N5O6S. The molecule has 11 nitrogen and oxygen atoms in total. The van der Waals surface area contributed by atoms with E-state index in [4.69, 9.17) is 0 Å². The van der Waals surface area contributed by atoms with Gasteiger partial charge in [0, 0.05) is 25.2 Å². The highest BCUT2D eigenvalue weighted by molar-refractivity contribution is 7.91. The maximum atomic E-state index is 13.5. The van der Waals surface area contributed by atoms with Gasteiger partial charge in [-0.05, 0) is 68.5 Å². The van der Waals surface area contributed by atoms with Crippen LogP contribution in [0.3, 0.4) is 0 Å². The Bertz CT molecular complexity index is 1810. The lowest BCUT2D eigenvalue weighted by molar-refractivity contribution is 0.0694. The Balaban J connectivity index is 1.37. The largest absolute Gasteiger partial charge is 0.478 e. The number of amides is 2. The van der Waals surface area contributed by atoms with Crippen LogP contribution in [0.15, 0.2) is 59.6 Å². The van der Waals surface area contributed by atoms with Crippen LogP contribution in [0.4, 0.5) is 0 Å². The molecule has 0 unspecified atom stereocenters. The first-order valence-corrected chi connectivity index (χ1v) is 15.3. The second-order valence-corrected chi connectivity index (χ2v) is 12.4. The number of carbonyl (C=O) groups is 3. The molecule has 4 aromatic rings. The molecule has 0 fully saturated rings. The second kappa shape index (κ2) is 11.4. The van der Waals surface area contributed by atoms with Gasteiger partial charge >= 0.3 is 5.97 Å². The molecule has 0 saturated carbocycles. The summed E-state index contributed by atoms with van der Waals surface area (Å²) in [7, 11) is -3.62. The molecule has 42 heavy (non-hydrogen) atoms. The number of aromatic nitrogens is 3.